The highest BCUT2D eigenvalue weighted by Gasteiger charge is 2.11. The predicted molar refractivity (Wildman–Crippen MR) is 61.9 cm³/mol. The summed E-state index contributed by atoms with van der Waals surface area (Å²) in [4.78, 5) is 10.9. The molecule has 0 saturated heterocycles. The molecule has 0 aliphatic rings. The van der Waals surface area contributed by atoms with Gasteiger partial charge >= 0.3 is 5.97 Å². The van der Waals surface area contributed by atoms with E-state index in [2.05, 4.69) is 4.74 Å². The van der Waals surface area contributed by atoms with Crippen LogP contribution >= 0.6 is 23.2 Å². The SMILES string of the molecule is COC(=O)COc1c(Cl)cc(Cl)cc1CN. The molecule has 2 N–H and O–H groups in total. The third kappa shape index (κ3) is 3.27. The van der Waals surface area contributed by atoms with E-state index in [4.69, 9.17) is 33.7 Å². The summed E-state index contributed by atoms with van der Waals surface area (Å²) in [5.41, 5.74) is 6.15. The highest BCUT2D eigenvalue weighted by Crippen LogP contribution is 2.32. The Bertz CT molecular complexity index is 396. The Balaban J connectivity index is 2.89. The van der Waals surface area contributed by atoms with Crippen LogP contribution in [0.1, 0.15) is 5.56 Å². The summed E-state index contributed by atoms with van der Waals surface area (Å²) in [5.74, 6) is -0.132. The topological polar surface area (TPSA) is 61.5 Å². The smallest absolute Gasteiger partial charge is 0.343 e. The van der Waals surface area contributed by atoms with Crippen molar-refractivity contribution in [3.05, 3.63) is 27.7 Å². The van der Waals surface area contributed by atoms with E-state index in [1.807, 2.05) is 0 Å². The number of hydrogen-bond acceptors (Lipinski definition) is 4. The number of ether oxygens (including phenoxy) is 2. The van der Waals surface area contributed by atoms with Gasteiger partial charge in [0.05, 0.1) is 12.1 Å². The molecule has 88 valence electrons. The maximum absolute atomic E-state index is 10.9. The van der Waals surface area contributed by atoms with Crippen LogP contribution in [0.15, 0.2) is 12.1 Å². The molecule has 0 atom stereocenters. The summed E-state index contributed by atoms with van der Waals surface area (Å²) < 4.78 is 9.67. The molecular formula is C10H11Cl2NO3. The van der Waals surface area contributed by atoms with Crippen molar-refractivity contribution in [3.63, 3.8) is 0 Å². The van der Waals surface area contributed by atoms with Crippen LogP contribution in [0, 0.1) is 0 Å². The van der Waals surface area contributed by atoms with E-state index in [1.54, 1.807) is 6.07 Å². The number of rotatable bonds is 4. The average molecular weight is 264 g/mol. The molecule has 0 aliphatic heterocycles. The van der Waals surface area contributed by atoms with Gasteiger partial charge in [-0.15, -0.1) is 0 Å². The molecule has 0 bridgehead atoms. The van der Waals surface area contributed by atoms with Crippen molar-refractivity contribution in [3.8, 4) is 5.75 Å². The van der Waals surface area contributed by atoms with Crippen molar-refractivity contribution in [2.45, 2.75) is 6.54 Å². The first-order valence-corrected chi connectivity index (χ1v) is 5.21. The normalized spacial score (nSPS) is 10.0. The molecule has 0 saturated carbocycles. The first-order chi connectivity index (χ1) is 7.58. The predicted octanol–water partition coefficient (Wildman–Crippen LogP) is 2.00. The van der Waals surface area contributed by atoms with Gasteiger partial charge in [0.1, 0.15) is 5.75 Å². The maximum Gasteiger partial charge on any atom is 0.343 e. The zero-order chi connectivity index (χ0) is 12.1. The number of esters is 1. The summed E-state index contributed by atoms with van der Waals surface area (Å²) in [5, 5.41) is 0.785. The van der Waals surface area contributed by atoms with Gasteiger partial charge in [0.2, 0.25) is 0 Å². The second kappa shape index (κ2) is 5.94. The van der Waals surface area contributed by atoms with E-state index in [-0.39, 0.29) is 13.2 Å². The van der Waals surface area contributed by atoms with Crippen molar-refractivity contribution in [1.29, 1.82) is 0 Å². The van der Waals surface area contributed by atoms with Crippen LogP contribution in [-0.4, -0.2) is 19.7 Å². The number of carbonyl (C=O) groups is 1. The molecule has 0 amide bonds. The lowest BCUT2D eigenvalue weighted by molar-refractivity contribution is -0.142. The quantitative estimate of drug-likeness (QED) is 0.845. The molecule has 1 aromatic rings. The third-order valence-corrected chi connectivity index (χ3v) is 2.37. The second-order valence-electron chi connectivity index (χ2n) is 2.94. The standard InChI is InChI=1S/C10H11Cl2NO3/c1-15-9(14)5-16-10-6(4-13)2-7(11)3-8(10)12/h2-3H,4-5,13H2,1H3. The Morgan fingerprint density at radius 1 is 1.44 bits per heavy atom. The van der Waals surface area contributed by atoms with Crippen molar-refractivity contribution < 1.29 is 14.3 Å². The molecule has 0 radical (unpaired) electrons. The van der Waals surface area contributed by atoms with Gasteiger partial charge in [-0.05, 0) is 12.1 Å². The number of methoxy groups -OCH3 is 1. The molecule has 1 aromatic carbocycles. The first kappa shape index (κ1) is 13.1. The molecule has 0 heterocycles. The number of nitrogens with two attached hydrogens (primary N) is 1. The molecule has 16 heavy (non-hydrogen) atoms. The van der Waals surface area contributed by atoms with Gasteiger partial charge in [0, 0.05) is 17.1 Å². The number of benzene rings is 1. The highest BCUT2D eigenvalue weighted by molar-refractivity contribution is 6.35. The van der Waals surface area contributed by atoms with Gasteiger partial charge in [-0.2, -0.15) is 0 Å². The molecule has 6 heteroatoms. The van der Waals surface area contributed by atoms with Crippen molar-refractivity contribution >= 4 is 29.2 Å². The Morgan fingerprint density at radius 3 is 2.69 bits per heavy atom. The molecule has 0 fully saturated rings. The van der Waals surface area contributed by atoms with Gasteiger partial charge in [-0.1, -0.05) is 23.2 Å². The minimum Gasteiger partial charge on any atom is -0.480 e. The van der Waals surface area contributed by atoms with Crippen LogP contribution in [0.2, 0.25) is 10.0 Å². The van der Waals surface area contributed by atoms with Gasteiger partial charge in [0.25, 0.3) is 0 Å². The maximum atomic E-state index is 10.9. The Hall–Kier alpha value is -0.970. The van der Waals surface area contributed by atoms with Gasteiger partial charge in [0.15, 0.2) is 6.61 Å². The summed E-state index contributed by atoms with van der Waals surface area (Å²) in [6.45, 7) is 0.00163. The molecule has 0 aromatic heterocycles. The lowest BCUT2D eigenvalue weighted by Gasteiger charge is -2.11. The molecule has 4 nitrogen and oxygen atoms in total. The van der Waals surface area contributed by atoms with Crippen molar-refractivity contribution in [2.24, 2.45) is 5.73 Å². The summed E-state index contributed by atoms with van der Waals surface area (Å²) in [7, 11) is 1.28. The fourth-order valence-corrected chi connectivity index (χ4v) is 1.71. The zero-order valence-corrected chi connectivity index (χ0v) is 10.1. The van der Waals surface area contributed by atoms with E-state index in [0.29, 0.717) is 21.4 Å². The number of halogens is 2. The summed E-state index contributed by atoms with van der Waals surface area (Å²) >= 11 is 11.7. The summed E-state index contributed by atoms with van der Waals surface area (Å²) in [6.07, 6.45) is 0. The van der Waals surface area contributed by atoms with Crippen LogP contribution in [0.25, 0.3) is 0 Å². The van der Waals surface area contributed by atoms with E-state index < -0.39 is 5.97 Å². The fourth-order valence-electron chi connectivity index (χ4n) is 1.12. The lowest BCUT2D eigenvalue weighted by Crippen LogP contribution is -2.14. The average Bonchev–Trinajstić information content (AvgIpc) is 2.26. The number of carbonyl (C=O) groups excluding carboxylic acids is 1. The molecule has 1 rings (SSSR count). The second-order valence-corrected chi connectivity index (χ2v) is 3.79. The minimum atomic E-state index is -0.492. The molecule has 0 aliphatic carbocycles. The first-order valence-electron chi connectivity index (χ1n) is 4.46. The summed E-state index contributed by atoms with van der Waals surface area (Å²) in [6, 6.07) is 3.16. The van der Waals surface area contributed by atoms with Crippen LogP contribution in [-0.2, 0) is 16.1 Å². The van der Waals surface area contributed by atoms with E-state index in [9.17, 15) is 4.79 Å². The van der Waals surface area contributed by atoms with Crippen LogP contribution in [0.4, 0.5) is 0 Å². The van der Waals surface area contributed by atoms with E-state index in [0.717, 1.165) is 0 Å². The third-order valence-electron chi connectivity index (χ3n) is 1.87. The molecule has 0 spiro atoms. The molecular weight excluding hydrogens is 253 g/mol. The van der Waals surface area contributed by atoms with Crippen molar-refractivity contribution in [2.75, 3.05) is 13.7 Å². The number of hydrogen-bond donors (Lipinski definition) is 1. The highest BCUT2D eigenvalue weighted by atomic mass is 35.5. The van der Waals surface area contributed by atoms with Crippen LogP contribution < -0.4 is 10.5 Å². The minimum absolute atomic E-state index is 0.217. The Morgan fingerprint density at radius 2 is 2.12 bits per heavy atom. The molecule has 0 unspecified atom stereocenters. The van der Waals surface area contributed by atoms with Gasteiger partial charge < -0.3 is 15.2 Å². The fraction of sp³-hybridized carbons (Fsp3) is 0.300. The van der Waals surface area contributed by atoms with E-state index in [1.165, 1.54) is 13.2 Å². The van der Waals surface area contributed by atoms with Gasteiger partial charge in [-0.25, -0.2) is 4.79 Å². The van der Waals surface area contributed by atoms with E-state index >= 15 is 0 Å². The monoisotopic (exact) mass is 263 g/mol. The van der Waals surface area contributed by atoms with Crippen LogP contribution in [0.3, 0.4) is 0 Å². The zero-order valence-electron chi connectivity index (χ0n) is 8.63. The Kier molecular flexibility index (Phi) is 4.86. The Labute approximate surface area is 103 Å². The largest absolute Gasteiger partial charge is 0.480 e. The van der Waals surface area contributed by atoms with Crippen molar-refractivity contribution in [1.82, 2.24) is 0 Å². The lowest BCUT2D eigenvalue weighted by atomic mass is 10.2. The van der Waals surface area contributed by atoms with Gasteiger partial charge in [-0.3, -0.25) is 0 Å². The van der Waals surface area contributed by atoms with Crippen LogP contribution in [0.5, 0.6) is 5.75 Å².